The van der Waals surface area contributed by atoms with Gasteiger partial charge in [0.05, 0.1) is 18.8 Å². The van der Waals surface area contributed by atoms with Crippen molar-refractivity contribution in [2.24, 2.45) is 11.3 Å². The summed E-state index contributed by atoms with van der Waals surface area (Å²) >= 11 is 0. The van der Waals surface area contributed by atoms with E-state index in [0.717, 1.165) is 31.7 Å². The first kappa shape index (κ1) is 17.9. The van der Waals surface area contributed by atoms with Crippen LogP contribution in [0.5, 0.6) is 0 Å². The van der Waals surface area contributed by atoms with E-state index in [1.54, 1.807) is 0 Å². The summed E-state index contributed by atoms with van der Waals surface area (Å²) in [7, 11) is 0. The topological polar surface area (TPSA) is 61.7 Å². The van der Waals surface area contributed by atoms with Crippen molar-refractivity contribution < 1.29 is 14.9 Å². The van der Waals surface area contributed by atoms with E-state index in [0.29, 0.717) is 19.3 Å². The zero-order chi connectivity index (χ0) is 15.0. The minimum absolute atomic E-state index is 0.0636. The summed E-state index contributed by atoms with van der Waals surface area (Å²) in [6.45, 7) is 8.48. The van der Waals surface area contributed by atoms with Crippen molar-refractivity contribution in [3.05, 3.63) is 0 Å². The molecular weight excluding hydrogens is 254 g/mol. The number of aliphatic hydroxyl groups excluding tert-OH is 2. The second kappa shape index (κ2) is 8.98. The molecule has 0 aromatic heterocycles. The van der Waals surface area contributed by atoms with E-state index >= 15 is 0 Å². The first-order valence-corrected chi connectivity index (χ1v) is 8.04. The highest BCUT2D eigenvalue weighted by molar-refractivity contribution is 4.74. The SMILES string of the molecule is CC1CCCC(OCC(O)CNCC(C)(C)CCO)C1. The Kier molecular flexibility index (Phi) is 8.03. The molecule has 1 aliphatic rings. The van der Waals surface area contributed by atoms with Crippen molar-refractivity contribution >= 4 is 0 Å². The van der Waals surface area contributed by atoms with E-state index in [1.807, 2.05) is 0 Å². The van der Waals surface area contributed by atoms with Gasteiger partial charge in [0.1, 0.15) is 0 Å². The smallest absolute Gasteiger partial charge is 0.0897 e. The average Bonchev–Trinajstić information content (AvgIpc) is 2.36. The Morgan fingerprint density at radius 2 is 2.10 bits per heavy atom. The zero-order valence-corrected chi connectivity index (χ0v) is 13.4. The summed E-state index contributed by atoms with van der Waals surface area (Å²) in [6.07, 6.45) is 5.47. The average molecular weight is 287 g/mol. The van der Waals surface area contributed by atoms with Crippen molar-refractivity contribution in [2.45, 2.75) is 65.1 Å². The first-order chi connectivity index (χ1) is 9.43. The lowest BCUT2D eigenvalue weighted by molar-refractivity contribution is -0.0310. The minimum atomic E-state index is -0.447. The Bertz CT molecular complexity index is 258. The molecule has 0 bridgehead atoms. The Morgan fingerprint density at radius 3 is 2.75 bits per heavy atom. The van der Waals surface area contributed by atoms with Gasteiger partial charge in [-0.15, -0.1) is 0 Å². The second-order valence-corrected chi connectivity index (χ2v) is 7.15. The Hall–Kier alpha value is -0.160. The highest BCUT2D eigenvalue weighted by atomic mass is 16.5. The van der Waals surface area contributed by atoms with Crippen LogP contribution in [-0.4, -0.2) is 48.7 Å². The molecule has 4 nitrogen and oxygen atoms in total. The molecule has 0 heterocycles. The molecule has 0 amide bonds. The molecule has 0 aromatic carbocycles. The molecule has 1 aliphatic carbocycles. The number of aliphatic hydroxyl groups is 2. The summed E-state index contributed by atoms with van der Waals surface area (Å²) in [5, 5.41) is 22.2. The van der Waals surface area contributed by atoms with E-state index in [2.05, 4.69) is 26.1 Å². The van der Waals surface area contributed by atoms with Gasteiger partial charge >= 0.3 is 0 Å². The van der Waals surface area contributed by atoms with E-state index in [9.17, 15) is 5.11 Å². The monoisotopic (exact) mass is 287 g/mol. The quantitative estimate of drug-likeness (QED) is 0.606. The fraction of sp³-hybridized carbons (Fsp3) is 1.00. The molecule has 3 unspecified atom stereocenters. The van der Waals surface area contributed by atoms with Crippen LogP contribution in [0, 0.1) is 11.3 Å². The molecule has 0 aromatic rings. The van der Waals surface area contributed by atoms with E-state index in [-0.39, 0.29) is 12.0 Å². The second-order valence-electron chi connectivity index (χ2n) is 7.15. The Labute approximate surface area is 123 Å². The largest absolute Gasteiger partial charge is 0.396 e. The Balaban J connectivity index is 2.09. The van der Waals surface area contributed by atoms with Gasteiger partial charge in [0.2, 0.25) is 0 Å². The minimum Gasteiger partial charge on any atom is -0.396 e. The summed E-state index contributed by atoms with van der Waals surface area (Å²) in [6, 6.07) is 0. The number of hydrogen-bond acceptors (Lipinski definition) is 4. The van der Waals surface area contributed by atoms with Crippen molar-refractivity contribution in [2.75, 3.05) is 26.3 Å². The highest BCUT2D eigenvalue weighted by Crippen LogP contribution is 2.25. The lowest BCUT2D eigenvalue weighted by Gasteiger charge is -2.28. The van der Waals surface area contributed by atoms with Gasteiger partial charge in [-0.3, -0.25) is 0 Å². The fourth-order valence-electron chi connectivity index (χ4n) is 2.80. The third kappa shape index (κ3) is 7.58. The van der Waals surface area contributed by atoms with Gasteiger partial charge in [-0.25, -0.2) is 0 Å². The van der Waals surface area contributed by atoms with Crippen molar-refractivity contribution in [3.8, 4) is 0 Å². The molecule has 0 saturated heterocycles. The molecule has 3 atom stereocenters. The van der Waals surface area contributed by atoms with Gasteiger partial charge in [0.25, 0.3) is 0 Å². The van der Waals surface area contributed by atoms with Crippen LogP contribution >= 0.6 is 0 Å². The van der Waals surface area contributed by atoms with Crippen LogP contribution < -0.4 is 5.32 Å². The maximum atomic E-state index is 9.94. The fourth-order valence-corrected chi connectivity index (χ4v) is 2.80. The molecule has 0 spiro atoms. The first-order valence-electron chi connectivity index (χ1n) is 8.04. The van der Waals surface area contributed by atoms with E-state index in [4.69, 9.17) is 9.84 Å². The van der Waals surface area contributed by atoms with Crippen molar-refractivity contribution in [3.63, 3.8) is 0 Å². The van der Waals surface area contributed by atoms with Gasteiger partial charge < -0.3 is 20.3 Å². The molecule has 120 valence electrons. The van der Waals surface area contributed by atoms with Crippen molar-refractivity contribution in [1.82, 2.24) is 5.32 Å². The third-order valence-electron chi connectivity index (χ3n) is 4.18. The molecule has 20 heavy (non-hydrogen) atoms. The number of hydrogen-bond donors (Lipinski definition) is 3. The normalized spacial score (nSPS) is 25.6. The molecule has 3 N–H and O–H groups in total. The third-order valence-corrected chi connectivity index (χ3v) is 4.18. The molecular formula is C16H33NO3. The highest BCUT2D eigenvalue weighted by Gasteiger charge is 2.21. The van der Waals surface area contributed by atoms with Gasteiger partial charge in [-0.1, -0.05) is 33.6 Å². The molecule has 0 radical (unpaired) electrons. The summed E-state index contributed by atoms with van der Waals surface area (Å²) < 4.78 is 5.82. The van der Waals surface area contributed by atoms with Crippen LogP contribution in [0.1, 0.15) is 52.9 Å². The maximum absolute atomic E-state index is 9.94. The van der Waals surface area contributed by atoms with Crippen LogP contribution in [0.4, 0.5) is 0 Å². The van der Waals surface area contributed by atoms with Gasteiger partial charge in [-0.2, -0.15) is 0 Å². The summed E-state index contributed by atoms with van der Waals surface area (Å²) in [5.74, 6) is 0.753. The summed E-state index contributed by atoms with van der Waals surface area (Å²) in [5.41, 5.74) is 0.0636. The predicted octanol–water partition coefficient (Wildman–Crippen LogP) is 1.94. The lowest BCUT2D eigenvalue weighted by atomic mass is 9.89. The van der Waals surface area contributed by atoms with Gasteiger partial charge in [0.15, 0.2) is 0 Å². The predicted molar refractivity (Wildman–Crippen MR) is 81.7 cm³/mol. The van der Waals surface area contributed by atoms with Crippen LogP contribution in [0.25, 0.3) is 0 Å². The van der Waals surface area contributed by atoms with Crippen molar-refractivity contribution in [1.29, 1.82) is 0 Å². The van der Waals surface area contributed by atoms with E-state index in [1.165, 1.54) is 12.8 Å². The van der Waals surface area contributed by atoms with Crippen LogP contribution in [0.2, 0.25) is 0 Å². The van der Waals surface area contributed by atoms with Crippen LogP contribution in [-0.2, 0) is 4.74 Å². The van der Waals surface area contributed by atoms with E-state index < -0.39 is 6.10 Å². The molecule has 1 saturated carbocycles. The molecule has 1 rings (SSSR count). The van der Waals surface area contributed by atoms with Gasteiger partial charge in [-0.05, 0) is 30.6 Å². The van der Waals surface area contributed by atoms with Gasteiger partial charge in [0, 0.05) is 19.7 Å². The molecule has 4 heteroatoms. The van der Waals surface area contributed by atoms with Crippen LogP contribution in [0.3, 0.4) is 0 Å². The number of rotatable bonds is 9. The van der Waals surface area contributed by atoms with Crippen LogP contribution in [0.15, 0.2) is 0 Å². The molecule has 0 aliphatic heterocycles. The molecule has 1 fully saturated rings. The Morgan fingerprint density at radius 1 is 1.35 bits per heavy atom. The number of nitrogens with one attached hydrogen (secondary N) is 1. The maximum Gasteiger partial charge on any atom is 0.0897 e. The standard InChI is InChI=1S/C16H33NO3/c1-13-5-4-6-15(9-13)20-11-14(19)10-17-12-16(2,3)7-8-18/h13-15,17-19H,4-12H2,1-3H3. The lowest BCUT2D eigenvalue weighted by Crippen LogP contribution is -2.37. The number of ether oxygens (including phenoxy) is 1. The zero-order valence-electron chi connectivity index (χ0n) is 13.4. The summed E-state index contributed by atoms with van der Waals surface area (Å²) in [4.78, 5) is 0.